The van der Waals surface area contributed by atoms with Gasteiger partial charge < -0.3 is 129 Å². The SMILES string of the molecule is CC(=O)[C@H](C)NP(=O)(COCCn1cnc2c(N(C)C)nc(N)nc21)Oc1ccccc1.CC(C)N.CCCCOC(=O)[C@H](C)N.CCCCOC(=O)[C@H](C)NP(=O)(COCCn1cnc2c(N(C)C)nc(N)nc21)N[C@@H](C)C(=O)OCCCC.CN(C)c1nc(N)nc2c1ncn2CCOCP(=O)(O)O.CN(C)c1nc(N)nc2c1ncn2CCOCP(=O)(O)Oc1ccccc1.Cl.Cl. The van der Waals surface area contributed by atoms with Gasteiger partial charge in [0, 0.05) is 82.6 Å². The van der Waals surface area contributed by atoms with Gasteiger partial charge in [-0.05, 0) is 84.2 Å². The van der Waals surface area contributed by atoms with E-state index in [1.54, 1.807) is 141 Å². The molecule has 10 rings (SSSR count). The Hall–Kier alpha value is -10.3. The lowest BCUT2D eigenvalue weighted by Gasteiger charge is -2.26. The topological polar surface area (TPSA) is 660 Å². The molecule has 10 aromatic rings. The van der Waals surface area contributed by atoms with E-state index in [2.05, 4.69) is 75.1 Å². The summed E-state index contributed by atoms with van der Waals surface area (Å²) >= 11 is 0. The average molecular weight is 2020 g/mol. The predicted molar refractivity (Wildman–Crippen MR) is 524 cm³/mol. The zero-order valence-corrected chi connectivity index (χ0v) is 84.8. The predicted octanol–water partition coefficient (Wildman–Crippen LogP) is 7.79. The number of nitrogens with two attached hydrogens (primary N) is 6. The number of imidazole rings is 4. The molecule has 0 saturated heterocycles. The number of carbonyl (C=O) groups is 4. The van der Waals surface area contributed by atoms with E-state index in [9.17, 15) is 42.3 Å². The zero-order chi connectivity index (χ0) is 98.9. The number of esters is 3. The third-order valence-corrected chi connectivity index (χ3v) is 23.1. The van der Waals surface area contributed by atoms with Gasteiger partial charge in [0.15, 0.2) is 74.3 Å². The number of ketones is 1. The van der Waals surface area contributed by atoms with Crippen LogP contribution in [0.5, 0.6) is 11.5 Å². The number of benzene rings is 2. The fourth-order valence-corrected chi connectivity index (χ4v) is 16.1. The number of nitrogens with one attached hydrogen (secondary N) is 3. The van der Waals surface area contributed by atoms with Crippen molar-refractivity contribution in [1.29, 1.82) is 0 Å². The van der Waals surface area contributed by atoms with Gasteiger partial charge in [0.05, 0.1) is 77.6 Å². The van der Waals surface area contributed by atoms with Crippen molar-refractivity contribution in [1.82, 2.24) is 93.3 Å². The smallest absolute Gasteiger partial charge is 0.402 e. The number of ether oxygens (including phenoxy) is 7. The van der Waals surface area contributed by atoms with Crippen molar-refractivity contribution >= 4 is 170 Å². The Labute approximate surface area is 797 Å². The second-order valence-electron chi connectivity index (χ2n) is 31.1. The maximum absolute atomic E-state index is 13.8. The van der Waals surface area contributed by atoms with Crippen LogP contribution in [-0.2, 0) is 96.8 Å². The molecule has 55 heteroatoms. The molecule has 135 heavy (non-hydrogen) atoms. The normalized spacial score (nSPS) is 12.9. The number of anilines is 8. The van der Waals surface area contributed by atoms with Crippen LogP contribution in [0.15, 0.2) is 86.0 Å². The summed E-state index contributed by atoms with van der Waals surface area (Å²) in [5, 5.41) is 8.39. The van der Waals surface area contributed by atoms with E-state index in [1.807, 2.05) is 102 Å². The highest BCUT2D eigenvalue weighted by atomic mass is 35.5. The van der Waals surface area contributed by atoms with Crippen molar-refractivity contribution in [2.24, 2.45) is 11.5 Å². The molecule has 8 aromatic heterocycles. The first-order valence-corrected chi connectivity index (χ1v) is 49.8. The molecule has 6 atom stereocenters. The van der Waals surface area contributed by atoms with Crippen LogP contribution < -0.4 is 78.3 Å². The molecule has 754 valence electrons. The Kier molecular flexibility index (Phi) is 52.0. The summed E-state index contributed by atoms with van der Waals surface area (Å²) in [4.78, 5) is 133. The van der Waals surface area contributed by atoms with Crippen LogP contribution in [0.4, 0.5) is 47.1 Å². The number of nitrogens with zero attached hydrogens (tertiary/aromatic N) is 20. The van der Waals surface area contributed by atoms with Gasteiger partial charge in [-0.3, -0.25) is 32.9 Å². The van der Waals surface area contributed by atoms with Crippen molar-refractivity contribution in [3.05, 3.63) is 86.0 Å². The summed E-state index contributed by atoms with van der Waals surface area (Å²) in [7, 11) is -0.452. The number of unbranched alkanes of at least 4 members (excludes halogenated alkanes) is 3. The van der Waals surface area contributed by atoms with Gasteiger partial charge in [0.25, 0.3) is 0 Å². The summed E-state index contributed by atoms with van der Waals surface area (Å²) in [5.41, 5.74) is 38.2. The molecule has 0 aliphatic rings. The molecule has 2 aromatic carbocycles. The number of para-hydroxylation sites is 2. The molecule has 49 nitrogen and oxygen atoms in total. The minimum Gasteiger partial charge on any atom is -0.465 e. The zero-order valence-electron chi connectivity index (χ0n) is 79.6. The first-order chi connectivity index (χ1) is 62.7. The quantitative estimate of drug-likeness (QED) is 0.00749. The second-order valence-corrected chi connectivity index (χ2v) is 38.7. The first kappa shape index (κ1) is 119. The number of halogens is 2. The Morgan fingerprint density at radius 3 is 0.985 bits per heavy atom. The van der Waals surface area contributed by atoms with Crippen LogP contribution >= 0.6 is 55.0 Å². The number of nitrogen functional groups attached to an aromatic ring is 4. The number of rotatable bonds is 47. The number of carbonyl (C=O) groups excluding carboxylic acids is 4. The van der Waals surface area contributed by atoms with E-state index in [-0.39, 0.29) is 113 Å². The molecule has 0 aliphatic carbocycles. The minimum atomic E-state index is -4.15. The number of hydrogen-bond donors (Lipinski definition) is 12. The lowest BCUT2D eigenvalue weighted by atomic mass is 10.3. The molecular weight excluding hydrogens is 1880 g/mol. The Morgan fingerprint density at radius 2 is 0.696 bits per heavy atom. The maximum Gasteiger partial charge on any atom is 0.402 e. The maximum atomic E-state index is 13.8. The Morgan fingerprint density at radius 1 is 0.407 bits per heavy atom. The Bertz CT molecular complexity index is 5440. The largest absolute Gasteiger partial charge is 0.465 e. The van der Waals surface area contributed by atoms with E-state index in [0.717, 1.165) is 38.5 Å². The monoisotopic (exact) mass is 2020 g/mol. The van der Waals surface area contributed by atoms with Crippen molar-refractivity contribution in [2.75, 3.05) is 171 Å². The lowest BCUT2D eigenvalue weighted by molar-refractivity contribution is -0.146. The second kappa shape index (κ2) is 59.0. The van der Waals surface area contributed by atoms with Crippen molar-refractivity contribution < 1.29 is 94.3 Å². The van der Waals surface area contributed by atoms with Gasteiger partial charge in [-0.1, -0.05) is 90.3 Å². The lowest BCUT2D eigenvalue weighted by Crippen LogP contribution is -2.43. The highest BCUT2D eigenvalue weighted by Gasteiger charge is 2.34. The van der Waals surface area contributed by atoms with Crippen LogP contribution in [0.1, 0.15) is 108 Å². The van der Waals surface area contributed by atoms with Gasteiger partial charge in [0.1, 0.15) is 54.5 Å². The standard InChI is InChI=1S/C24H43N8O6P.C20H28N7O4P.C16H21N6O4P.C10H17N6O4P.C7H15NO2.C3H9N.2ClH/c1-7-9-12-37-22(33)17(3)29-39(35,30-18(4)23(34)38-13-10-8-2)16-36-14-11-32-15-26-19-20(31(5)6)27-24(25)28-21(19)32;1-14(15(2)28)25-32(29,31-16-8-6-5-7-9-16)13-30-11-10-27-12-22-17-18(26(3)4)23-20(21)24-19(17)27;1-21(2)14-13-15(20-16(17)19-14)22(10-18-13)8-9-25-11-27(23,24)26-12-6-4-3-5-7-12;1-15(2)8-7-9(14-10(11)13-8)16(5-12-7)3-4-20-6-21(17,18)19;1-3-4-5-10-7(9)6(2)8;1-3(2)4;;/h15,17-18H,7-14,16H2,1-6H3,(H2,25,27,28)(H2,29,30,35);5-9,12,14H,10-11,13H2,1-4H3,(H,25,29)(H2,21,23,24);3-7,10H,8-9,11H2,1-2H3,(H,23,24)(H2,17,19,20);5H,3-4,6H2,1-2H3,(H2,11,13,14)(H2,17,18,19);6H,3-5,8H2,1-2H3;3H,4H2,1-2H3;2*1H/t17-,18-;14-,32?;;;6-;;;/m00..0.../s1. The van der Waals surface area contributed by atoms with E-state index in [1.165, 1.54) is 6.92 Å². The molecule has 8 heterocycles. The highest BCUT2D eigenvalue weighted by Crippen LogP contribution is 2.45. The third-order valence-electron chi connectivity index (χ3n) is 17.6. The summed E-state index contributed by atoms with van der Waals surface area (Å²) in [6.45, 7) is 20.8. The van der Waals surface area contributed by atoms with E-state index < -0.39 is 79.0 Å². The molecule has 0 fully saturated rings. The van der Waals surface area contributed by atoms with Gasteiger partial charge >= 0.3 is 40.6 Å². The summed E-state index contributed by atoms with van der Waals surface area (Å²) in [6, 6.07) is 14.6. The van der Waals surface area contributed by atoms with E-state index in [0.29, 0.717) is 118 Å². The van der Waals surface area contributed by atoms with Gasteiger partial charge in [-0.25, -0.2) is 39.8 Å². The van der Waals surface area contributed by atoms with E-state index in [4.69, 9.17) is 86.4 Å². The molecule has 2 unspecified atom stereocenters. The number of fused-ring (bicyclic) bond motifs is 4. The van der Waals surface area contributed by atoms with Crippen LogP contribution in [0.3, 0.4) is 0 Å². The fraction of sp³-hybridized carbons (Fsp3) is 0.550. The molecule has 0 amide bonds. The minimum absolute atomic E-state index is 0. The fourth-order valence-electron chi connectivity index (χ4n) is 11.1. The third kappa shape index (κ3) is 41.7. The first-order valence-electron chi connectivity index (χ1n) is 42.6. The van der Waals surface area contributed by atoms with Crippen LogP contribution in [0.2, 0.25) is 0 Å². The molecule has 0 radical (unpaired) electrons. The van der Waals surface area contributed by atoms with Crippen molar-refractivity contribution in [2.45, 2.75) is 164 Å². The van der Waals surface area contributed by atoms with Crippen LogP contribution in [0, 0.1) is 0 Å². The summed E-state index contributed by atoms with van der Waals surface area (Å²) < 4.78 is 105. The van der Waals surface area contributed by atoms with Crippen molar-refractivity contribution in [3.8, 4) is 11.5 Å². The number of Topliss-reactive ketones (excluding diaryl/α,β-unsaturated/α-hetero) is 1. The van der Waals surface area contributed by atoms with Crippen molar-refractivity contribution in [3.63, 3.8) is 0 Å². The average Bonchev–Trinajstić information content (AvgIpc) is 1.78. The van der Waals surface area contributed by atoms with Gasteiger partial charge in [-0.2, -0.15) is 39.9 Å². The molecule has 0 spiro atoms. The molecule has 0 saturated carbocycles. The summed E-state index contributed by atoms with van der Waals surface area (Å²) in [5.74, 6) is 2.17. The molecule has 0 bridgehead atoms. The van der Waals surface area contributed by atoms with Gasteiger partial charge in [-0.15, -0.1) is 24.8 Å². The summed E-state index contributed by atoms with van der Waals surface area (Å²) in [6.07, 6.45) is 10.0. The van der Waals surface area contributed by atoms with Crippen LogP contribution in [-0.4, -0.2) is 275 Å². The highest BCUT2D eigenvalue weighted by molar-refractivity contribution is 7.59. The molecule has 18 N–H and O–H groups in total. The van der Waals surface area contributed by atoms with Gasteiger partial charge in [0.2, 0.25) is 31.2 Å². The number of aromatic nitrogens is 16. The van der Waals surface area contributed by atoms with Crippen LogP contribution in [0.25, 0.3) is 44.7 Å². The molecular formula is C80H135Cl2N29O20P4. The molecule has 0 aliphatic heterocycles. The van der Waals surface area contributed by atoms with E-state index >= 15 is 0 Å². The number of hydrogen-bond acceptors (Lipinski definition) is 39. The Balaban J connectivity index is 0.000000446.